The number of nitrogens with two attached hydrogens (primary N) is 1. The van der Waals surface area contributed by atoms with Crippen LogP contribution in [0, 0.1) is 6.07 Å². The first kappa shape index (κ1) is 16.7. The SMILES string of the molecule is CC(C)(C)c1[c]c(O[O])cc(C(C)(C)C)c1C(=O)CN. The third-order valence-corrected chi connectivity index (χ3v) is 3.15. The fourth-order valence-electron chi connectivity index (χ4n) is 2.15. The van der Waals surface area contributed by atoms with E-state index in [9.17, 15) is 10.1 Å². The molecule has 0 heterocycles. The Hall–Kier alpha value is -1.39. The van der Waals surface area contributed by atoms with E-state index in [1.165, 1.54) is 0 Å². The standard InChI is InChI=1S/C16H23NO3/c1-15(2,3)11-7-10(20-19)8-12(16(4,5)6)14(11)13(18)9-17/h7H,9,17H2,1-6H3. The van der Waals surface area contributed by atoms with E-state index < -0.39 is 0 Å². The van der Waals surface area contributed by atoms with E-state index in [2.05, 4.69) is 11.0 Å². The maximum Gasteiger partial charge on any atom is 0.177 e. The lowest BCUT2D eigenvalue weighted by molar-refractivity contribution is -0.208. The molecular formula is C16H23NO3. The molecule has 4 heteroatoms. The fraction of sp³-hybridized carbons (Fsp3) is 0.562. The number of hydrogen-bond donors (Lipinski definition) is 1. The number of hydrogen-bond acceptors (Lipinski definition) is 3. The maximum atomic E-state index is 12.3. The summed E-state index contributed by atoms with van der Waals surface area (Å²) in [5.41, 5.74) is 6.90. The van der Waals surface area contributed by atoms with Gasteiger partial charge in [0.15, 0.2) is 11.5 Å². The summed E-state index contributed by atoms with van der Waals surface area (Å²) in [5.74, 6) is -0.0398. The Kier molecular flexibility index (Phi) is 4.62. The molecule has 1 aromatic rings. The van der Waals surface area contributed by atoms with Gasteiger partial charge in [-0.05, 0) is 28.0 Å². The first-order valence-electron chi connectivity index (χ1n) is 6.66. The van der Waals surface area contributed by atoms with Crippen LogP contribution in [0.4, 0.5) is 0 Å². The zero-order chi connectivity index (χ0) is 15.7. The van der Waals surface area contributed by atoms with Crippen LogP contribution < -0.4 is 10.6 Å². The van der Waals surface area contributed by atoms with Gasteiger partial charge in [0.05, 0.1) is 6.54 Å². The highest BCUT2D eigenvalue weighted by Gasteiger charge is 2.30. The van der Waals surface area contributed by atoms with E-state index in [0.717, 1.165) is 5.56 Å². The van der Waals surface area contributed by atoms with Crippen LogP contribution in [0.2, 0.25) is 0 Å². The lowest BCUT2D eigenvalue weighted by Crippen LogP contribution is -2.27. The Balaban J connectivity index is 3.77. The molecule has 1 rings (SSSR count). The third-order valence-electron chi connectivity index (χ3n) is 3.15. The molecule has 0 aliphatic rings. The normalized spacial score (nSPS) is 12.4. The molecular weight excluding hydrogens is 254 g/mol. The first-order valence-corrected chi connectivity index (χ1v) is 6.66. The molecule has 0 bridgehead atoms. The van der Waals surface area contributed by atoms with Gasteiger partial charge >= 0.3 is 0 Å². The maximum absolute atomic E-state index is 12.3. The predicted octanol–water partition coefficient (Wildman–Crippen LogP) is 2.95. The van der Waals surface area contributed by atoms with Crippen molar-refractivity contribution < 1.29 is 14.9 Å². The summed E-state index contributed by atoms with van der Waals surface area (Å²) in [6.07, 6.45) is 0. The van der Waals surface area contributed by atoms with Crippen LogP contribution in [0.5, 0.6) is 5.75 Å². The molecule has 1 aromatic carbocycles. The number of carbonyl (C=O) groups is 1. The van der Waals surface area contributed by atoms with Crippen molar-refractivity contribution in [3.8, 4) is 5.75 Å². The largest absolute Gasteiger partial charge is 0.324 e. The lowest BCUT2D eigenvalue weighted by atomic mass is 9.75. The van der Waals surface area contributed by atoms with Gasteiger partial charge in [-0.3, -0.25) is 4.79 Å². The topological polar surface area (TPSA) is 72.2 Å². The average Bonchev–Trinajstić information content (AvgIpc) is 2.34. The molecule has 2 radical (unpaired) electrons. The third kappa shape index (κ3) is 3.38. The summed E-state index contributed by atoms with van der Waals surface area (Å²) in [5, 5.41) is 10.8. The summed E-state index contributed by atoms with van der Waals surface area (Å²) in [6, 6.07) is 4.51. The molecule has 0 spiro atoms. The van der Waals surface area contributed by atoms with Gasteiger partial charge in [0.1, 0.15) is 0 Å². The molecule has 0 fully saturated rings. The zero-order valence-electron chi connectivity index (χ0n) is 13.1. The van der Waals surface area contributed by atoms with Crippen molar-refractivity contribution in [3.63, 3.8) is 0 Å². The van der Waals surface area contributed by atoms with E-state index in [1.54, 1.807) is 6.07 Å². The predicted molar refractivity (Wildman–Crippen MR) is 77.4 cm³/mol. The average molecular weight is 277 g/mol. The molecule has 20 heavy (non-hydrogen) atoms. The first-order chi connectivity index (χ1) is 9.02. The number of Topliss-reactive ketones (excluding diaryl/α,β-unsaturated/α-hetero) is 1. The van der Waals surface area contributed by atoms with Gasteiger partial charge in [-0.1, -0.05) is 41.5 Å². The van der Waals surface area contributed by atoms with Gasteiger partial charge < -0.3 is 10.6 Å². The van der Waals surface area contributed by atoms with E-state index in [4.69, 9.17) is 5.73 Å². The molecule has 4 nitrogen and oxygen atoms in total. The van der Waals surface area contributed by atoms with Crippen LogP contribution in [0.15, 0.2) is 6.07 Å². The molecule has 0 saturated carbocycles. The molecule has 0 amide bonds. The van der Waals surface area contributed by atoms with Gasteiger partial charge in [0, 0.05) is 16.9 Å². The van der Waals surface area contributed by atoms with Crippen LogP contribution in [0.3, 0.4) is 0 Å². The van der Waals surface area contributed by atoms with Crippen LogP contribution in [-0.4, -0.2) is 12.3 Å². The zero-order valence-corrected chi connectivity index (χ0v) is 13.1. The minimum Gasteiger partial charge on any atom is -0.324 e. The minimum absolute atomic E-state index is 0.0718. The van der Waals surface area contributed by atoms with Gasteiger partial charge in [0.25, 0.3) is 0 Å². The Bertz CT molecular complexity index is 472. The summed E-state index contributed by atoms with van der Waals surface area (Å²) in [4.78, 5) is 16.4. The van der Waals surface area contributed by atoms with E-state index in [1.807, 2.05) is 41.5 Å². The highest BCUT2D eigenvalue weighted by molar-refractivity contribution is 6.01. The van der Waals surface area contributed by atoms with E-state index in [0.29, 0.717) is 11.1 Å². The molecule has 0 saturated heterocycles. The summed E-state index contributed by atoms with van der Waals surface area (Å²) >= 11 is 0. The van der Waals surface area contributed by atoms with Crippen molar-refractivity contribution >= 4 is 5.78 Å². The van der Waals surface area contributed by atoms with Gasteiger partial charge in [-0.15, -0.1) is 0 Å². The minimum atomic E-state index is -0.339. The quantitative estimate of drug-likeness (QED) is 0.524. The Labute approximate surface area is 120 Å². The molecule has 110 valence electrons. The van der Waals surface area contributed by atoms with Gasteiger partial charge in [0.2, 0.25) is 0 Å². The highest BCUT2D eigenvalue weighted by Crippen LogP contribution is 2.37. The summed E-state index contributed by atoms with van der Waals surface area (Å²) in [6.45, 7) is 11.8. The number of carbonyl (C=O) groups excluding carboxylic acids is 1. The molecule has 0 aromatic heterocycles. The Morgan fingerprint density at radius 3 is 2.10 bits per heavy atom. The Morgan fingerprint density at radius 2 is 1.75 bits per heavy atom. The highest BCUT2D eigenvalue weighted by atomic mass is 17.1. The monoisotopic (exact) mass is 277 g/mol. The van der Waals surface area contributed by atoms with Crippen molar-refractivity contribution in [2.45, 2.75) is 52.4 Å². The van der Waals surface area contributed by atoms with Crippen LogP contribution in [0.25, 0.3) is 0 Å². The molecule has 0 aliphatic carbocycles. The van der Waals surface area contributed by atoms with Crippen molar-refractivity contribution in [1.29, 1.82) is 0 Å². The summed E-state index contributed by atoms with van der Waals surface area (Å²) < 4.78 is 0. The number of ketones is 1. The van der Waals surface area contributed by atoms with Crippen LogP contribution in [0.1, 0.15) is 63.0 Å². The molecule has 0 unspecified atom stereocenters. The Morgan fingerprint density at radius 1 is 1.20 bits per heavy atom. The molecule has 0 aliphatic heterocycles. The lowest BCUT2D eigenvalue weighted by Gasteiger charge is -2.29. The van der Waals surface area contributed by atoms with Crippen molar-refractivity contribution in [2.24, 2.45) is 5.73 Å². The second kappa shape index (κ2) is 5.54. The second-order valence-corrected chi connectivity index (χ2v) is 7.01. The van der Waals surface area contributed by atoms with E-state index in [-0.39, 0.29) is 28.9 Å². The smallest absolute Gasteiger partial charge is 0.177 e. The van der Waals surface area contributed by atoms with E-state index >= 15 is 0 Å². The van der Waals surface area contributed by atoms with Gasteiger partial charge in [-0.25, -0.2) is 0 Å². The van der Waals surface area contributed by atoms with Crippen molar-refractivity contribution in [2.75, 3.05) is 6.54 Å². The number of rotatable bonds is 3. The number of benzene rings is 1. The summed E-state index contributed by atoms with van der Waals surface area (Å²) in [7, 11) is 0. The van der Waals surface area contributed by atoms with Crippen molar-refractivity contribution in [1.82, 2.24) is 0 Å². The molecule has 2 N–H and O–H groups in total. The molecule has 0 atom stereocenters. The fourth-order valence-corrected chi connectivity index (χ4v) is 2.15. The van der Waals surface area contributed by atoms with Crippen LogP contribution >= 0.6 is 0 Å². The van der Waals surface area contributed by atoms with Gasteiger partial charge in [-0.2, -0.15) is 0 Å². The second-order valence-electron chi connectivity index (χ2n) is 7.01. The van der Waals surface area contributed by atoms with Crippen LogP contribution in [-0.2, 0) is 16.1 Å². The van der Waals surface area contributed by atoms with Crippen molar-refractivity contribution in [3.05, 3.63) is 28.8 Å².